The molecule has 36 heavy (non-hydrogen) atoms. The van der Waals surface area contributed by atoms with Crippen LogP contribution in [0.25, 0.3) is 0 Å². The van der Waals surface area contributed by atoms with Gasteiger partial charge in [0.25, 0.3) is 0 Å². The summed E-state index contributed by atoms with van der Waals surface area (Å²) in [6, 6.07) is 7.45. The van der Waals surface area contributed by atoms with Gasteiger partial charge < -0.3 is 34.0 Å². The second-order valence-electron chi connectivity index (χ2n) is 7.40. The van der Waals surface area contributed by atoms with Gasteiger partial charge in [-0.25, -0.2) is 4.79 Å². The standard InChI is InChI=1S/C25H33N3O7S/c1-4-9-32-10-11-33-12-13-34-14-15-35-17-22-19(2)24(28-25(30)27-22)36-18-23(29)26-16-20-5-7-21(31-3)8-6-20/h1,5-8H,9-18H2,2-3H3,(H,26,29)(H,27,28,30). The molecule has 0 atom stereocenters. The molecule has 10 nitrogen and oxygen atoms in total. The Morgan fingerprint density at radius 3 is 2.33 bits per heavy atom. The maximum Gasteiger partial charge on any atom is 0.346 e. The Hall–Kier alpha value is -2.88. The zero-order chi connectivity index (χ0) is 26.0. The van der Waals surface area contributed by atoms with Crippen LogP contribution in [-0.2, 0) is 36.9 Å². The van der Waals surface area contributed by atoms with E-state index < -0.39 is 5.69 Å². The van der Waals surface area contributed by atoms with E-state index in [4.69, 9.17) is 30.1 Å². The fraction of sp³-hybridized carbons (Fsp3) is 0.480. The molecule has 2 rings (SSSR count). The van der Waals surface area contributed by atoms with Crippen LogP contribution in [0.15, 0.2) is 34.1 Å². The third-order valence-corrected chi connectivity index (χ3v) is 5.85. The highest BCUT2D eigenvalue weighted by Crippen LogP contribution is 2.20. The molecule has 0 saturated heterocycles. The molecule has 2 N–H and O–H groups in total. The average molecular weight is 520 g/mol. The van der Waals surface area contributed by atoms with E-state index >= 15 is 0 Å². The topological polar surface area (TPSA) is 121 Å². The first-order valence-electron chi connectivity index (χ1n) is 11.4. The summed E-state index contributed by atoms with van der Waals surface area (Å²) >= 11 is 1.21. The summed E-state index contributed by atoms with van der Waals surface area (Å²) < 4.78 is 26.6. The highest BCUT2D eigenvalue weighted by Gasteiger charge is 2.12. The van der Waals surface area contributed by atoms with Gasteiger partial charge in [-0.2, -0.15) is 4.98 Å². The molecule has 0 aliphatic rings. The van der Waals surface area contributed by atoms with E-state index in [1.807, 2.05) is 31.2 Å². The fourth-order valence-corrected chi connectivity index (χ4v) is 3.69. The Bertz CT molecular complexity index is 1020. The molecule has 1 heterocycles. The van der Waals surface area contributed by atoms with Crippen LogP contribution < -0.4 is 15.7 Å². The van der Waals surface area contributed by atoms with E-state index in [0.717, 1.165) is 16.9 Å². The van der Waals surface area contributed by atoms with Crippen LogP contribution in [0.1, 0.15) is 16.8 Å². The molecule has 0 bridgehead atoms. The van der Waals surface area contributed by atoms with Gasteiger partial charge in [0, 0.05) is 12.1 Å². The number of terminal acetylenes is 1. The van der Waals surface area contributed by atoms with Crippen molar-refractivity contribution in [1.29, 1.82) is 0 Å². The Kier molecular flexibility index (Phi) is 14.3. The Labute approximate surface area is 215 Å². The molecule has 0 radical (unpaired) electrons. The first kappa shape index (κ1) is 29.4. The number of amides is 1. The van der Waals surface area contributed by atoms with E-state index in [9.17, 15) is 9.59 Å². The number of thioether (sulfide) groups is 1. The van der Waals surface area contributed by atoms with E-state index in [-0.39, 0.29) is 24.9 Å². The molecular weight excluding hydrogens is 486 g/mol. The summed E-state index contributed by atoms with van der Waals surface area (Å²) in [6.07, 6.45) is 5.08. The lowest BCUT2D eigenvalue weighted by atomic mass is 10.2. The van der Waals surface area contributed by atoms with E-state index in [1.54, 1.807) is 7.11 Å². The van der Waals surface area contributed by atoms with Crippen LogP contribution >= 0.6 is 11.8 Å². The highest BCUT2D eigenvalue weighted by atomic mass is 32.2. The Balaban J connectivity index is 1.65. The number of methoxy groups -OCH3 is 1. The van der Waals surface area contributed by atoms with Crippen molar-refractivity contribution in [1.82, 2.24) is 15.3 Å². The number of ether oxygens (including phenoxy) is 5. The average Bonchev–Trinajstić information content (AvgIpc) is 2.89. The molecule has 0 fully saturated rings. The number of hydrogen-bond acceptors (Lipinski definition) is 9. The first-order valence-corrected chi connectivity index (χ1v) is 12.4. The summed E-state index contributed by atoms with van der Waals surface area (Å²) in [4.78, 5) is 30.9. The van der Waals surface area contributed by atoms with Crippen molar-refractivity contribution in [3.63, 3.8) is 0 Å². The monoisotopic (exact) mass is 519 g/mol. The number of aromatic nitrogens is 2. The summed E-state index contributed by atoms with van der Waals surface area (Å²) in [7, 11) is 1.60. The van der Waals surface area contributed by atoms with Crippen LogP contribution in [0.3, 0.4) is 0 Å². The van der Waals surface area contributed by atoms with Crippen molar-refractivity contribution in [2.45, 2.75) is 25.1 Å². The van der Waals surface area contributed by atoms with Crippen LogP contribution in [0.5, 0.6) is 5.75 Å². The molecule has 0 aliphatic carbocycles. The predicted octanol–water partition coefficient (Wildman–Crippen LogP) is 1.70. The minimum atomic E-state index is -0.486. The van der Waals surface area contributed by atoms with Gasteiger partial charge in [0.1, 0.15) is 17.4 Å². The van der Waals surface area contributed by atoms with Crippen molar-refractivity contribution in [2.75, 3.05) is 59.1 Å². The largest absolute Gasteiger partial charge is 0.497 e. The number of benzene rings is 1. The molecule has 0 aliphatic heterocycles. The molecule has 1 aromatic heterocycles. The molecular formula is C25H33N3O7S. The van der Waals surface area contributed by atoms with Crippen LogP contribution in [-0.4, -0.2) is 75.0 Å². The van der Waals surface area contributed by atoms with Gasteiger partial charge in [0.2, 0.25) is 5.91 Å². The number of nitrogens with zero attached hydrogens (tertiary/aromatic N) is 1. The van der Waals surface area contributed by atoms with Crippen molar-refractivity contribution in [3.05, 3.63) is 51.6 Å². The number of carbonyl (C=O) groups excluding carboxylic acids is 1. The summed E-state index contributed by atoms with van der Waals surface area (Å²) in [6.45, 7) is 5.25. The molecule has 196 valence electrons. The van der Waals surface area contributed by atoms with Gasteiger partial charge in [-0.15, -0.1) is 6.42 Å². The molecule has 1 aromatic carbocycles. The second-order valence-corrected chi connectivity index (χ2v) is 8.36. The Morgan fingerprint density at radius 2 is 1.69 bits per heavy atom. The summed E-state index contributed by atoms with van der Waals surface area (Å²) in [5, 5.41) is 3.35. The fourth-order valence-electron chi connectivity index (χ4n) is 2.83. The number of nitrogens with one attached hydrogen (secondary N) is 2. The Morgan fingerprint density at radius 1 is 1.06 bits per heavy atom. The highest BCUT2D eigenvalue weighted by molar-refractivity contribution is 7.99. The zero-order valence-electron chi connectivity index (χ0n) is 20.7. The van der Waals surface area contributed by atoms with E-state index in [2.05, 4.69) is 21.2 Å². The van der Waals surface area contributed by atoms with Crippen LogP contribution in [0, 0.1) is 19.3 Å². The molecule has 0 spiro atoms. The van der Waals surface area contributed by atoms with Crippen molar-refractivity contribution < 1.29 is 28.5 Å². The quantitative estimate of drug-likeness (QED) is 0.131. The lowest BCUT2D eigenvalue weighted by Crippen LogP contribution is -2.25. The van der Waals surface area contributed by atoms with Gasteiger partial charge in [-0.1, -0.05) is 29.8 Å². The summed E-state index contributed by atoms with van der Waals surface area (Å²) in [5.41, 5.74) is 1.86. The van der Waals surface area contributed by atoms with Crippen LogP contribution in [0.4, 0.5) is 0 Å². The third-order valence-electron chi connectivity index (χ3n) is 4.77. The smallest absolute Gasteiger partial charge is 0.346 e. The minimum absolute atomic E-state index is 0.139. The summed E-state index contributed by atoms with van der Waals surface area (Å²) in [5.74, 6) is 3.12. The van der Waals surface area contributed by atoms with Gasteiger partial charge in [0.05, 0.1) is 64.8 Å². The van der Waals surface area contributed by atoms with E-state index in [1.165, 1.54) is 11.8 Å². The maximum absolute atomic E-state index is 12.3. The van der Waals surface area contributed by atoms with Gasteiger partial charge in [0.15, 0.2) is 0 Å². The number of aromatic amines is 1. The molecule has 0 saturated carbocycles. The minimum Gasteiger partial charge on any atom is -0.497 e. The predicted molar refractivity (Wildman–Crippen MR) is 136 cm³/mol. The number of H-pyrrole nitrogens is 1. The molecule has 11 heteroatoms. The van der Waals surface area contributed by atoms with Gasteiger partial charge in [-0.05, 0) is 24.6 Å². The normalized spacial score (nSPS) is 10.7. The SMILES string of the molecule is C#CCOCCOCCOCCOCc1[nH]c(=O)nc(SCC(=O)NCc2ccc(OC)cc2)c1C. The van der Waals surface area contributed by atoms with Crippen molar-refractivity contribution >= 4 is 17.7 Å². The lowest BCUT2D eigenvalue weighted by molar-refractivity contribution is -0.118. The first-order chi connectivity index (χ1) is 17.5. The van der Waals surface area contributed by atoms with E-state index in [0.29, 0.717) is 56.9 Å². The lowest BCUT2D eigenvalue weighted by Gasteiger charge is -2.11. The molecule has 0 unspecified atom stereocenters. The second kappa shape index (κ2) is 17.5. The van der Waals surface area contributed by atoms with Gasteiger partial charge >= 0.3 is 5.69 Å². The van der Waals surface area contributed by atoms with Crippen molar-refractivity contribution in [2.24, 2.45) is 0 Å². The maximum atomic E-state index is 12.3. The molecule has 2 aromatic rings. The zero-order valence-corrected chi connectivity index (χ0v) is 21.5. The number of carbonyl (C=O) groups is 1. The third kappa shape index (κ3) is 11.7. The number of hydrogen-bond donors (Lipinski definition) is 2. The van der Waals surface area contributed by atoms with Crippen molar-refractivity contribution in [3.8, 4) is 18.1 Å². The van der Waals surface area contributed by atoms with Gasteiger partial charge in [-0.3, -0.25) is 4.79 Å². The molecule has 1 amide bonds. The number of rotatable bonds is 18. The van der Waals surface area contributed by atoms with Crippen LogP contribution in [0.2, 0.25) is 0 Å².